The Morgan fingerprint density at radius 2 is 1.87 bits per heavy atom. The van der Waals surface area contributed by atoms with Crippen LogP contribution in [-0.4, -0.2) is 46.4 Å². The summed E-state index contributed by atoms with van der Waals surface area (Å²) >= 11 is 7.62. The van der Waals surface area contributed by atoms with Gasteiger partial charge in [0.15, 0.2) is 5.65 Å². The highest BCUT2D eigenvalue weighted by atomic mass is 35.5. The fraction of sp³-hybridized carbons (Fsp3) is 0.261. The van der Waals surface area contributed by atoms with E-state index < -0.39 is 0 Å². The number of nitrogens with zero attached hydrogens (tertiary/aromatic N) is 4. The molecule has 1 aliphatic heterocycles. The van der Waals surface area contributed by atoms with E-state index in [0.717, 1.165) is 29.2 Å². The summed E-state index contributed by atoms with van der Waals surface area (Å²) in [6, 6.07) is 11.3. The number of pyridine rings is 1. The lowest BCUT2D eigenvalue weighted by molar-refractivity contribution is 0.0748. The maximum absolute atomic E-state index is 13.4. The predicted molar refractivity (Wildman–Crippen MR) is 126 cm³/mol. The van der Waals surface area contributed by atoms with Crippen LogP contribution in [0.5, 0.6) is 0 Å². The first kappa shape index (κ1) is 20.0. The topological polar surface area (TPSA) is 57.9 Å². The van der Waals surface area contributed by atoms with E-state index in [-0.39, 0.29) is 11.5 Å². The predicted octanol–water partition coefficient (Wildman–Crippen LogP) is 4.14. The quantitative estimate of drug-likeness (QED) is 0.458. The molecule has 0 unspecified atom stereocenters. The molecule has 0 spiro atoms. The Morgan fingerprint density at radius 3 is 2.61 bits per heavy atom. The lowest BCUT2D eigenvalue weighted by Crippen LogP contribution is -2.49. The Kier molecular flexibility index (Phi) is 4.95. The molecule has 1 fully saturated rings. The first-order valence-electron chi connectivity index (χ1n) is 10.1. The number of aryl methyl sites for hydroxylation is 2. The summed E-state index contributed by atoms with van der Waals surface area (Å²) in [6.07, 6.45) is 1.68. The number of piperazine rings is 1. The molecule has 6 nitrogen and oxygen atoms in total. The van der Waals surface area contributed by atoms with Gasteiger partial charge in [-0.3, -0.25) is 14.0 Å². The zero-order valence-corrected chi connectivity index (χ0v) is 18.8. The van der Waals surface area contributed by atoms with Crippen LogP contribution in [0.2, 0.25) is 5.02 Å². The molecule has 1 aromatic carbocycles. The van der Waals surface area contributed by atoms with Gasteiger partial charge in [-0.25, -0.2) is 4.98 Å². The minimum Gasteiger partial charge on any atom is -0.368 e. The van der Waals surface area contributed by atoms with Crippen LogP contribution in [-0.2, 0) is 0 Å². The van der Waals surface area contributed by atoms with Crippen LogP contribution in [0.25, 0.3) is 15.9 Å². The second kappa shape index (κ2) is 7.66. The normalized spacial score (nSPS) is 14.5. The number of anilines is 1. The van der Waals surface area contributed by atoms with Gasteiger partial charge in [0.2, 0.25) is 0 Å². The Balaban J connectivity index is 1.46. The highest BCUT2D eigenvalue weighted by Gasteiger charge is 2.25. The average molecular weight is 453 g/mol. The lowest BCUT2D eigenvalue weighted by Gasteiger charge is -2.36. The highest BCUT2D eigenvalue weighted by molar-refractivity contribution is 7.18. The van der Waals surface area contributed by atoms with Crippen LogP contribution in [0.4, 0.5) is 5.69 Å². The van der Waals surface area contributed by atoms with Crippen molar-refractivity contribution < 1.29 is 4.79 Å². The van der Waals surface area contributed by atoms with Gasteiger partial charge in [0.05, 0.1) is 10.9 Å². The van der Waals surface area contributed by atoms with Crippen molar-refractivity contribution in [3.63, 3.8) is 0 Å². The molecule has 0 atom stereocenters. The summed E-state index contributed by atoms with van der Waals surface area (Å²) < 4.78 is 1.50. The minimum absolute atomic E-state index is 0.0971. The van der Waals surface area contributed by atoms with Gasteiger partial charge < -0.3 is 9.80 Å². The summed E-state index contributed by atoms with van der Waals surface area (Å²) in [5.74, 6) is -0.0971. The number of carbonyl (C=O) groups is 1. The minimum atomic E-state index is -0.123. The van der Waals surface area contributed by atoms with Gasteiger partial charge in [0.25, 0.3) is 11.5 Å². The molecule has 4 aromatic rings. The molecular formula is C23H21ClN4O2S. The van der Waals surface area contributed by atoms with Crippen molar-refractivity contribution in [2.45, 2.75) is 13.8 Å². The first-order chi connectivity index (χ1) is 14.9. The molecule has 1 aliphatic rings. The molecular weight excluding hydrogens is 432 g/mol. The molecule has 0 N–H and O–H groups in total. The number of hydrogen-bond donors (Lipinski definition) is 0. The van der Waals surface area contributed by atoms with Crippen molar-refractivity contribution in [3.05, 3.63) is 74.0 Å². The van der Waals surface area contributed by atoms with Crippen molar-refractivity contribution >= 4 is 50.4 Å². The van der Waals surface area contributed by atoms with Gasteiger partial charge in [-0.2, -0.15) is 0 Å². The van der Waals surface area contributed by atoms with E-state index in [1.54, 1.807) is 18.3 Å². The summed E-state index contributed by atoms with van der Waals surface area (Å²) in [7, 11) is 0. The molecule has 0 bridgehead atoms. The smallest absolute Gasteiger partial charge is 0.266 e. The molecule has 158 valence electrons. The van der Waals surface area contributed by atoms with Crippen LogP contribution in [0.15, 0.2) is 47.4 Å². The molecule has 8 heteroatoms. The number of thiophene rings is 1. The maximum Gasteiger partial charge on any atom is 0.266 e. The van der Waals surface area contributed by atoms with Crippen molar-refractivity contribution in [2.75, 3.05) is 31.1 Å². The summed E-state index contributed by atoms with van der Waals surface area (Å²) in [5.41, 5.74) is 2.77. The van der Waals surface area contributed by atoms with Gasteiger partial charge in [-0.15, -0.1) is 11.3 Å². The van der Waals surface area contributed by atoms with Crippen LogP contribution >= 0.6 is 22.9 Å². The largest absolute Gasteiger partial charge is 0.368 e. The molecule has 4 heterocycles. The zero-order valence-electron chi connectivity index (χ0n) is 17.3. The third-order valence-electron chi connectivity index (χ3n) is 5.94. The summed E-state index contributed by atoms with van der Waals surface area (Å²) in [4.78, 5) is 37.0. The molecule has 0 saturated carbocycles. The molecule has 1 amide bonds. The number of halogens is 1. The number of aromatic nitrogens is 2. The van der Waals surface area contributed by atoms with E-state index in [1.165, 1.54) is 15.7 Å². The average Bonchev–Trinajstić information content (AvgIpc) is 3.07. The van der Waals surface area contributed by atoms with E-state index in [1.807, 2.05) is 43.0 Å². The van der Waals surface area contributed by atoms with Crippen LogP contribution in [0, 0.1) is 13.8 Å². The number of fused-ring (bicyclic) bond motifs is 2. The molecule has 0 radical (unpaired) electrons. The molecule has 31 heavy (non-hydrogen) atoms. The standard InChI is InChI=1S/C23H21ClN4O2S/c1-14-15(2)31-21-19(14)23(30)28-8-4-7-18(20(28)25-21)22(29)27-11-9-26(10-12-27)17-6-3-5-16(24)13-17/h3-8,13H,9-12H2,1-2H3. The molecule has 0 aliphatic carbocycles. The summed E-state index contributed by atoms with van der Waals surface area (Å²) in [6.45, 7) is 6.56. The van der Waals surface area contributed by atoms with Gasteiger partial charge in [0.1, 0.15) is 4.83 Å². The van der Waals surface area contributed by atoms with E-state index in [4.69, 9.17) is 16.6 Å². The fourth-order valence-electron chi connectivity index (χ4n) is 4.11. The monoisotopic (exact) mass is 452 g/mol. The Labute approximate surface area is 188 Å². The van der Waals surface area contributed by atoms with Crippen molar-refractivity contribution in [1.29, 1.82) is 0 Å². The Bertz CT molecular complexity index is 1390. The maximum atomic E-state index is 13.4. The summed E-state index contributed by atoms with van der Waals surface area (Å²) in [5, 5.41) is 1.34. The number of hydrogen-bond acceptors (Lipinski definition) is 5. The van der Waals surface area contributed by atoms with Crippen LogP contribution < -0.4 is 10.5 Å². The van der Waals surface area contributed by atoms with E-state index in [2.05, 4.69) is 4.90 Å². The van der Waals surface area contributed by atoms with Crippen molar-refractivity contribution in [2.24, 2.45) is 0 Å². The molecule has 1 saturated heterocycles. The number of benzene rings is 1. The van der Waals surface area contributed by atoms with Crippen molar-refractivity contribution in [3.8, 4) is 0 Å². The third-order valence-corrected chi connectivity index (χ3v) is 7.28. The van der Waals surface area contributed by atoms with Gasteiger partial charge in [-0.05, 0) is 49.7 Å². The van der Waals surface area contributed by atoms with E-state index in [0.29, 0.717) is 39.5 Å². The Morgan fingerprint density at radius 1 is 1.10 bits per heavy atom. The number of rotatable bonds is 2. The first-order valence-corrected chi connectivity index (χ1v) is 11.3. The van der Waals surface area contributed by atoms with Gasteiger partial charge in [0, 0.05) is 48.0 Å². The van der Waals surface area contributed by atoms with E-state index >= 15 is 0 Å². The molecule has 5 rings (SSSR count). The van der Waals surface area contributed by atoms with Gasteiger partial charge in [-0.1, -0.05) is 17.7 Å². The second-order valence-electron chi connectivity index (χ2n) is 7.75. The van der Waals surface area contributed by atoms with E-state index in [9.17, 15) is 9.59 Å². The SMILES string of the molecule is Cc1sc2nc3c(C(=O)N4CCN(c5cccc(Cl)c5)CC4)cccn3c(=O)c2c1C. The zero-order chi connectivity index (χ0) is 21.7. The molecule has 3 aromatic heterocycles. The van der Waals surface area contributed by atoms with Crippen LogP contribution in [0.3, 0.4) is 0 Å². The number of amides is 1. The third kappa shape index (κ3) is 3.38. The fourth-order valence-corrected chi connectivity index (χ4v) is 5.32. The Hall–Kier alpha value is -2.90. The number of carbonyl (C=O) groups excluding carboxylic acids is 1. The highest BCUT2D eigenvalue weighted by Crippen LogP contribution is 2.27. The van der Waals surface area contributed by atoms with Gasteiger partial charge >= 0.3 is 0 Å². The lowest BCUT2D eigenvalue weighted by atomic mass is 10.1. The second-order valence-corrected chi connectivity index (χ2v) is 9.39. The van der Waals surface area contributed by atoms with Crippen LogP contribution in [0.1, 0.15) is 20.8 Å². The van der Waals surface area contributed by atoms with Crippen molar-refractivity contribution in [1.82, 2.24) is 14.3 Å².